The lowest BCUT2D eigenvalue weighted by atomic mass is 9.73. The van der Waals surface area contributed by atoms with Crippen molar-refractivity contribution >= 4 is 28.9 Å². The van der Waals surface area contributed by atoms with E-state index in [9.17, 15) is 4.79 Å². The molecule has 2 heteroatoms. The van der Waals surface area contributed by atoms with Gasteiger partial charge in [-0.15, -0.1) is 0 Å². The van der Waals surface area contributed by atoms with E-state index in [0.717, 1.165) is 23.7 Å². The Hall–Kier alpha value is -0.380. The van der Waals surface area contributed by atoms with Crippen LogP contribution in [0.3, 0.4) is 0 Å². The van der Waals surface area contributed by atoms with Gasteiger partial charge in [0.1, 0.15) is 6.29 Å². The summed E-state index contributed by atoms with van der Waals surface area (Å²) in [5.74, 6) is 2.97. The molecule has 0 heterocycles. The van der Waals surface area contributed by atoms with E-state index < -0.39 is 0 Å². The fraction of sp³-hybridized carbons (Fsp3) is 0.759. The number of hydrogen-bond donors (Lipinski definition) is 0. The van der Waals surface area contributed by atoms with E-state index in [0.29, 0.717) is 5.92 Å². The summed E-state index contributed by atoms with van der Waals surface area (Å²) in [6.45, 7) is 6.11. The first-order chi connectivity index (χ1) is 15.3. The molecule has 3 aliphatic carbocycles. The molecular formula is C29H49IO. The average molecular weight is 541 g/mol. The van der Waals surface area contributed by atoms with Crippen LogP contribution in [0.4, 0.5) is 0 Å². The third-order valence-corrected chi connectivity index (χ3v) is 7.09. The first-order valence-corrected chi connectivity index (χ1v) is 14.9. The van der Waals surface area contributed by atoms with Crippen molar-refractivity contribution in [2.75, 3.05) is 4.43 Å². The Bertz CT molecular complexity index is 521. The third kappa shape index (κ3) is 11.9. The van der Waals surface area contributed by atoms with Crippen molar-refractivity contribution in [3.63, 3.8) is 0 Å². The highest BCUT2D eigenvalue weighted by Gasteiger charge is 2.24. The summed E-state index contributed by atoms with van der Waals surface area (Å²) in [5.41, 5.74) is 2.17. The summed E-state index contributed by atoms with van der Waals surface area (Å²) in [5, 5.41) is 0. The molecule has 3 saturated carbocycles. The highest BCUT2D eigenvalue weighted by Crippen LogP contribution is 2.38. The lowest BCUT2D eigenvalue weighted by Gasteiger charge is -2.32. The zero-order valence-corrected chi connectivity index (χ0v) is 22.9. The molecule has 0 spiro atoms. The van der Waals surface area contributed by atoms with E-state index in [-0.39, 0.29) is 0 Å². The van der Waals surface area contributed by atoms with Crippen molar-refractivity contribution in [2.24, 2.45) is 11.8 Å². The molecule has 0 atom stereocenters. The topological polar surface area (TPSA) is 17.1 Å². The predicted molar refractivity (Wildman–Crippen MR) is 147 cm³/mol. The number of hydrogen-bond acceptors (Lipinski definition) is 1. The zero-order chi connectivity index (χ0) is 22.7. The molecule has 1 nitrogen and oxygen atoms in total. The van der Waals surface area contributed by atoms with Crippen molar-refractivity contribution in [3.8, 4) is 0 Å². The van der Waals surface area contributed by atoms with Crippen LogP contribution in [0, 0.1) is 11.8 Å². The summed E-state index contributed by atoms with van der Waals surface area (Å²) < 4.78 is 1.22. The van der Waals surface area contributed by atoms with Gasteiger partial charge in [-0.1, -0.05) is 145 Å². The van der Waals surface area contributed by atoms with Crippen LogP contribution in [-0.2, 0) is 0 Å². The van der Waals surface area contributed by atoms with E-state index in [2.05, 4.69) is 35.6 Å². The van der Waals surface area contributed by atoms with Gasteiger partial charge in [0.25, 0.3) is 0 Å². The number of carbonyl (C=O) groups is 1. The minimum Gasteiger partial charge on any atom is -0.298 e. The van der Waals surface area contributed by atoms with Crippen molar-refractivity contribution in [3.05, 3.63) is 35.4 Å². The molecule has 4 rings (SSSR count). The number of benzene rings is 1. The maximum Gasteiger partial charge on any atom is 0.150 e. The van der Waals surface area contributed by atoms with E-state index in [1.54, 1.807) is 25.7 Å². The smallest absolute Gasteiger partial charge is 0.150 e. The van der Waals surface area contributed by atoms with Crippen molar-refractivity contribution < 1.29 is 4.79 Å². The summed E-state index contributed by atoms with van der Waals surface area (Å²) in [6, 6.07) is 8.07. The van der Waals surface area contributed by atoms with Crippen LogP contribution in [0.15, 0.2) is 24.3 Å². The van der Waals surface area contributed by atoms with Crippen LogP contribution in [0.2, 0.25) is 0 Å². The summed E-state index contributed by atoms with van der Waals surface area (Å²) in [4.78, 5) is 10.6. The maximum absolute atomic E-state index is 10.6. The van der Waals surface area contributed by atoms with E-state index in [4.69, 9.17) is 0 Å². The Morgan fingerprint density at radius 2 is 1.19 bits per heavy atom. The lowest BCUT2D eigenvalue weighted by molar-refractivity contribution is 0.112. The molecule has 0 aliphatic heterocycles. The number of alkyl halides is 1. The van der Waals surface area contributed by atoms with Gasteiger partial charge in [-0.2, -0.15) is 0 Å². The van der Waals surface area contributed by atoms with Crippen LogP contribution in [0.1, 0.15) is 139 Å². The highest BCUT2D eigenvalue weighted by atomic mass is 127. The largest absolute Gasteiger partial charge is 0.298 e. The van der Waals surface area contributed by atoms with Gasteiger partial charge in [0.15, 0.2) is 0 Å². The van der Waals surface area contributed by atoms with Crippen LogP contribution in [-0.4, -0.2) is 10.7 Å². The van der Waals surface area contributed by atoms with Gasteiger partial charge in [-0.3, -0.25) is 4.79 Å². The van der Waals surface area contributed by atoms with Crippen LogP contribution in [0.5, 0.6) is 0 Å². The monoisotopic (exact) mass is 540 g/mol. The van der Waals surface area contributed by atoms with E-state index >= 15 is 0 Å². The zero-order valence-electron chi connectivity index (χ0n) is 20.7. The van der Waals surface area contributed by atoms with Crippen LogP contribution in [0.25, 0.3) is 0 Å². The SMILES string of the molecule is C1CCC(C2CCCCC2)CC1.CC.CCI.O=Cc1cccc(C2CCCCC2)c1. The standard InChI is InChI=1S/C13H16O.C12H22.C2H5I.C2H6/c14-10-11-5-4-8-13(9-11)12-6-2-1-3-7-12;1-3-7-11(8-4-1)12-9-5-2-6-10-12;1-2-3;1-2/h4-5,8-10,12H,1-3,6-7H2;11-12H,1-10H2;2H2,1H3;1-2H3. The average Bonchev–Trinajstić information content (AvgIpc) is 2.88. The molecule has 0 aromatic heterocycles. The van der Waals surface area contributed by atoms with E-state index in [1.807, 2.05) is 32.0 Å². The molecule has 0 bridgehead atoms. The second-order valence-corrected chi connectivity index (χ2v) is 10.7. The number of rotatable bonds is 3. The molecule has 0 saturated heterocycles. The quantitative estimate of drug-likeness (QED) is 0.212. The molecule has 178 valence electrons. The molecule has 3 fully saturated rings. The summed E-state index contributed by atoms with van der Waals surface area (Å²) in [7, 11) is 0. The van der Waals surface area contributed by atoms with Crippen LogP contribution >= 0.6 is 22.6 Å². The van der Waals surface area contributed by atoms with Crippen molar-refractivity contribution in [2.45, 2.75) is 123 Å². The Labute approximate surface area is 207 Å². The van der Waals surface area contributed by atoms with E-state index in [1.165, 1.54) is 80.6 Å². The summed E-state index contributed by atoms with van der Waals surface area (Å²) in [6.07, 6.45) is 23.0. The number of carbonyl (C=O) groups excluding carboxylic acids is 1. The molecule has 0 radical (unpaired) electrons. The molecule has 0 unspecified atom stereocenters. The molecule has 0 amide bonds. The Kier molecular flexibility index (Phi) is 17.7. The second kappa shape index (κ2) is 19.1. The van der Waals surface area contributed by atoms with Gasteiger partial charge >= 0.3 is 0 Å². The van der Waals surface area contributed by atoms with Crippen molar-refractivity contribution in [1.29, 1.82) is 0 Å². The molecule has 1 aromatic rings. The lowest BCUT2D eigenvalue weighted by Crippen LogP contribution is -2.20. The molecule has 0 N–H and O–H groups in total. The molecule has 3 aliphatic rings. The first-order valence-electron chi connectivity index (χ1n) is 13.4. The van der Waals surface area contributed by atoms with Crippen LogP contribution < -0.4 is 0 Å². The Morgan fingerprint density at radius 3 is 1.61 bits per heavy atom. The molecular weight excluding hydrogens is 491 g/mol. The van der Waals surface area contributed by atoms with Gasteiger partial charge in [0.2, 0.25) is 0 Å². The first kappa shape index (κ1) is 28.7. The van der Waals surface area contributed by atoms with Gasteiger partial charge < -0.3 is 0 Å². The highest BCUT2D eigenvalue weighted by molar-refractivity contribution is 14.1. The Balaban J connectivity index is 0.000000259. The van der Waals surface area contributed by atoms with Gasteiger partial charge in [0, 0.05) is 5.56 Å². The fourth-order valence-corrected chi connectivity index (χ4v) is 5.53. The third-order valence-electron chi connectivity index (χ3n) is 7.09. The predicted octanol–water partition coefficient (Wildman–Crippen LogP) is 10.2. The minimum atomic E-state index is 0.698. The normalized spacial score (nSPS) is 20.1. The number of aldehydes is 1. The Morgan fingerprint density at radius 1 is 0.774 bits per heavy atom. The fourth-order valence-electron chi connectivity index (χ4n) is 5.53. The molecule has 31 heavy (non-hydrogen) atoms. The summed E-state index contributed by atoms with van der Waals surface area (Å²) >= 11 is 2.29. The van der Waals surface area contributed by atoms with Gasteiger partial charge in [-0.05, 0) is 46.7 Å². The minimum absolute atomic E-state index is 0.698. The molecule has 1 aromatic carbocycles. The van der Waals surface area contributed by atoms with Crippen molar-refractivity contribution in [1.82, 2.24) is 0 Å². The number of halogens is 1. The maximum atomic E-state index is 10.6. The van der Waals surface area contributed by atoms with Gasteiger partial charge in [-0.25, -0.2) is 0 Å². The second-order valence-electron chi connectivity index (χ2n) is 9.19. The van der Waals surface area contributed by atoms with Gasteiger partial charge in [0.05, 0.1) is 0 Å².